The van der Waals surface area contributed by atoms with Crippen LogP contribution in [0.1, 0.15) is 29.6 Å². The van der Waals surface area contributed by atoms with Gasteiger partial charge in [0.25, 0.3) is 5.91 Å². The topological polar surface area (TPSA) is 36.1 Å². The fourth-order valence-electron chi connectivity index (χ4n) is 3.83. The van der Waals surface area contributed by atoms with Crippen LogP contribution < -0.4 is 0 Å². The molecular formula is C16H18N2O. The van der Waals surface area contributed by atoms with E-state index < -0.39 is 0 Å². The number of nitrogens with one attached hydrogen (secondary N) is 1. The molecule has 1 aliphatic heterocycles. The molecule has 1 amide bonds. The average molecular weight is 254 g/mol. The second kappa shape index (κ2) is 4.12. The second-order valence-corrected chi connectivity index (χ2v) is 5.91. The fraction of sp³-hybridized carbons (Fsp3) is 0.438. The summed E-state index contributed by atoms with van der Waals surface area (Å²) < 4.78 is 0. The van der Waals surface area contributed by atoms with Crippen LogP contribution >= 0.6 is 0 Å². The van der Waals surface area contributed by atoms with Crippen molar-refractivity contribution in [2.75, 3.05) is 13.1 Å². The highest BCUT2D eigenvalue weighted by Gasteiger charge is 2.38. The summed E-state index contributed by atoms with van der Waals surface area (Å²) in [7, 11) is 0. The van der Waals surface area contributed by atoms with Crippen LogP contribution in [0.15, 0.2) is 30.5 Å². The number of carbonyl (C=O) groups is 1. The number of rotatable bonds is 1. The highest BCUT2D eigenvalue weighted by atomic mass is 16.2. The zero-order valence-electron chi connectivity index (χ0n) is 10.9. The van der Waals surface area contributed by atoms with Gasteiger partial charge >= 0.3 is 0 Å². The van der Waals surface area contributed by atoms with Gasteiger partial charge in [-0.25, -0.2) is 0 Å². The smallest absolute Gasteiger partial charge is 0.256 e. The van der Waals surface area contributed by atoms with Gasteiger partial charge in [0.05, 0.1) is 11.1 Å². The van der Waals surface area contributed by atoms with Crippen molar-refractivity contribution in [3.05, 3.63) is 36.0 Å². The molecule has 0 radical (unpaired) electrons. The van der Waals surface area contributed by atoms with Crippen LogP contribution in [0.4, 0.5) is 0 Å². The first kappa shape index (κ1) is 11.1. The van der Waals surface area contributed by atoms with Crippen LogP contribution in [0.5, 0.6) is 0 Å². The van der Waals surface area contributed by atoms with Gasteiger partial charge in [0, 0.05) is 24.7 Å². The van der Waals surface area contributed by atoms with Crippen LogP contribution in [0.2, 0.25) is 0 Å². The van der Waals surface area contributed by atoms with Gasteiger partial charge in [-0.05, 0) is 36.8 Å². The minimum Gasteiger partial charge on any atom is -0.361 e. The third-order valence-corrected chi connectivity index (χ3v) is 4.83. The highest BCUT2D eigenvalue weighted by molar-refractivity contribution is 6.05. The van der Waals surface area contributed by atoms with Gasteiger partial charge in [-0.3, -0.25) is 4.79 Å². The average Bonchev–Trinajstić information content (AvgIpc) is 3.11. The maximum Gasteiger partial charge on any atom is 0.256 e. The molecular weight excluding hydrogens is 236 g/mol. The SMILES string of the molecule is O=C(c1cccc2cc[nH]c12)N1CC2CCCC2C1. The Morgan fingerprint density at radius 2 is 1.95 bits per heavy atom. The van der Waals surface area contributed by atoms with Crippen molar-refractivity contribution in [3.8, 4) is 0 Å². The Bertz CT molecular complexity index is 618. The van der Waals surface area contributed by atoms with Crippen molar-refractivity contribution >= 4 is 16.8 Å². The van der Waals surface area contributed by atoms with Gasteiger partial charge in [-0.2, -0.15) is 0 Å². The number of benzene rings is 1. The third-order valence-electron chi connectivity index (χ3n) is 4.83. The molecule has 4 rings (SSSR count). The van der Waals surface area contributed by atoms with E-state index in [2.05, 4.69) is 9.88 Å². The first-order valence-electron chi connectivity index (χ1n) is 7.18. The minimum absolute atomic E-state index is 0.197. The molecule has 2 atom stereocenters. The third kappa shape index (κ3) is 1.68. The van der Waals surface area contributed by atoms with Gasteiger partial charge < -0.3 is 9.88 Å². The number of aromatic nitrogens is 1. The van der Waals surface area contributed by atoms with E-state index in [4.69, 9.17) is 0 Å². The van der Waals surface area contributed by atoms with Gasteiger partial charge in [0.1, 0.15) is 0 Å². The Labute approximate surface area is 112 Å². The zero-order chi connectivity index (χ0) is 12.8. The van der Waals surface area contributed by atoms with Crippen molar-refractivity contribution in [1.29, 1.82) is 0 Å². The largest absolute Gasteiger partial charge is 0.361 e. The number of likely N-dealkylation sites (tertiary alicyclic amines) is 1. The molecule has 2 unspecified atom stereocenters. The van der Waals surface area contributed by atoms with Crippen molar-refractivity contribution in [3.63, 3.8) is 0 Å². The number of para-hydroxylation sites is 1. The molecule has 0 bridgehead atoms. The van der Waals surface area contributed by atoms with Gasteiger partial charge in [-0.15, -0.1) is 0 Å². The van der Waals surface area contributed by atoms with Gasteiger partial charge in [-0.1, -0.05) is 18.6 Å². The van der Waals surface area contributed by atoms with Crippen LogP contribution in [0.3, 0.4) is 0 Å². The monoisotopic (exact) mass is 254 g/mol. The molecule has 2 aliphatic rings. The molecule has 1 N–H and O–H groups in total. The van der Waals surface area contributed by atoms with Crippen molar-refractivity contribution in [2.24, 2.45) is 11.8 Å². The maximum atomic E-state index is 12.7. The van der Waals surface area contributed by atoms with Crippen molar-refractivity contribution < 1.29 is 4.79 Å². The van der Waals surface area contributed by atoms with Gasteiger partial charge in [0.2, 0.25) is 0 Å². The number of fused-ring (bicyclic) bond motifs is 2. The van der Waals surface area contributed by atoms with E-state index in [0.29, 0.717) is 0 Å². The molecule has 2 fully saturated rings. The normalized spacial score (nSPS) is 26.0. The predicted octanol–water partition coefficient (Wildman–Crippen LogP) is 3.04. The van der Waals surface area contributed by atoms with E-state index in [0.717, 1.165) is 41.4 Å². The van der Waals surface area contributed by atoms with Crippen molar-refractivity contribution in [2.45, 2.75) is 19.3 Å². The highest BCUT2D eigenvalue weighted by Crippen LogP contribution is 2.38. The van der Waals surface area contributed by atoms with Gasteiger partial charge in [0.15, 0.2) is 0 Å². The number of carbonyl (C=O) groups excluding carboxylic acids is 1. The Balaban J connectivity index is 1.65. The van der Waals surface area contributed by atoms with Crippen LogP contribution in [0.25, 0.3) is 10.9 Å². The lowest BCUT2D eigenvalue weighted by Crippen LogP contribution is -2.29. The van der Waals surface area contributed by atoms with Crippen LogP contribution in [0, 0.1) is 11.8 Å². The number of aromatic amines is 1. The first-order valence-corrected chi connectivity index (χ1v) is 7.18. The number of H-pyrrole nitrogens is 1. The van der Waals surface area contributed by atoms with E-state index in [1.54, 1.807) is 0 Å². The Hall–Kier alpha value is -1.77. The molecule has 1 aromatic carbocycles. The standard InChI is InChI=1S/C16H18N2O/c19-16(18-9-12-4-1-5-13(12)10-18)14-6-2-3-11-7-8-17-15(11)14/h2-3,6-8,12-13,17H,1,4-5,9-10H2. The molecule has 1 aliphatic carbocycles. The summed E-state index contributed by atoms with van der Waals surface area (Å²) in [5.41, 5.74) is 1.80. The summed E-state index contributed by atoms with van der Waals surface area (Å²) in [4.78, 5) is 18.0. The Morgan fingerprint density at radius 1 is 1.16 bits per heavy atom. The zero-order valence-corrected chi connectivity index (χ0v) is 10.9. The lowest BCUT2D eigenvalue weighted by atomic mass is 10.0. The second-order valence-electron chi connectivity index (χ2n) is 5.91. The summed E-state index contributed by atoms with van der Waals surface area (Å²) in [6.45, 7) is 1.92. The Morgan fingerprint density at radius 3 is 2.74 bits per heavy atom. The number of hydrogen-bond acceptors (Lipinski definition) is 1. The molecule has 1 saturated carbocycles. The molecule has 19 heavy (non-hydrogen) atoms. The van der Waals surface area contributed by atoms with Crippen LogP contribution in [-0.4, -0.2) is 28.9 Å². The molecule has 98 valence electrons. The van der Waals surface area contributed by atoms with E-state index in [-0.39, 0.29) is 5.91 Å². The fourth-order valence-corrected chi connectivity index (χ4v) is 3.83. The molecule has 3 heteroatoms. The molecule has 1 saturated heterocycles. The minimum atomic E-state index is 0.197. The number of nitrogens with zero attached hydrogens (tertiary/aromatic N) is 1. The molecule has 2 heterocycles. The summed E-state index contributed by atoms with van der Waals surface area (Å²) >= 11 is 0. The molecule has 0 spiro atoms. The number of hydrogen-bond donors (Lipinski definition) is 1. The van der Waals surface area contributed by atoms with E-state index >= 15 is 0 Å². The Kier molecular flexibility index (Phi) is 2.40. The van der Waals surface area contributed by atoms with E-state index in [9.17, 15) is 4.79 Å². The molecule has 3 nitrogen and oxygen atoms in total. The molecule has 2 aromatic rings. The maximum absolute atomic E-state index is 12.7. The first-order chi connectivity index (χ1) is 9.33. The lowest BCUT2D eigenvalue weighted by Gasteiger charge is -2.17. The number of amides is 1. The summed E-state index contributed by atoms with van der Waals surface area (Å²) in [6.07, 6.45) is 5.87. The van der Waals surface area contributed by atoms with E-state index in [1.165, 1.54) is 19.3 Å². The van der Waals surface area contributed by atoms with E-state index in [1.807, 2.05) is 30.5 Å². The predicted molar refractivity (Wildman–Crippen MR) is 75.0 cm³/mol. The molecule has 1 aromatic heterocycles. The quantitative estimate of drug-likeness (QED) is 0.834. The summed E-state index contributed by atoms with van der Waals surface area (Å²) in [5, 5.41) is 1.12. The van der Waals surface area contributed by atoms with Crippen molar-refractivity contribution in [1.82, 2.24) is 9.88 Å². The summed E-state index contributed by atoms with van der Waals surface area (Å²) in [5.74, 6) is 1.71. The lowest BCUT2D eigenvalue weighted by molar-refractivity contribution is 0.0782. The van der Waals surface area contributed by atoms with Crippen LogP contribution in [-0.2, 0) is 0 Å². The summed E-state index contributed by atoms with van der Waals surface area (Å²) in [6, 6.07) is 7.97.